The average molecular weight is 441 g/mol. The normalized spacial score (nSPS) is 13.6. The van der Waals surface area contributed by atoms with E-state index in [0.29, 0.717) is 42.2 Å². The van der Waals surface area contributed by atoms with Crippen LogP contribution in [0.1, 0.15) is 30.5 Å². The minimum atomic E-state index is -0.309. The molecule has 33 heavy (non-hydrogen) atoms. The number of imide groups is 1. The Hall–Kier alpha value is -3.86. The summed E-state index contributed by atoms with van der Waals surface area (Å²) >= 11 is 0. The second kappa shape index (κ2) is 9.74. The molecule has 0 spiro atoms. The zero-order chi connectivity index (χ0) is 23.4. The summed E-state index contributed by atoms with van der Waals surface area (Å²) in [7, 11) is 0. The van der Waals surface area contributed by atoms with Crippen LogP contribution in [0.25, 0.3) is 5.57 Å². The molecule has 3 aromatic rings. The molecule has 1 heterocycles. The van der Waals surface area contributed by atoms with Gasteiger partial charge in [0, 0.05) is 13.1 Å². The minimum Gasteiger partial charge on any atom is -0.494 e. The summed E-state index contributed by atoms with van der Waals surface area (Å²) in [6, 6.07) is 24.8. The molecule has 0 radical (unpaired) electrons. The number of likely N-dealkylation sites (N-methyl/N-ethyl adjacent to an activating group) is 1. The van der Waals surface area contributed by atoms with Crippen molar-refractivity contribution in [1.82, 2.24) is 4.90 Å². The van der Waals surface area contributed by atoms with Gasteiger partial charge in [0.1, 0.15) is 11.4 Å². The molecule has 2 amide bonds. The maximum Gasteiger partial charge on any atom is 0.282 e. The van der Waals surface area contributed by atoms with Crippen LogP contribution in [0, 0.1) is 6.92 Å². The zero-order valence-electron chi connectivity index (χ0n) is 19.2. The van der Waals surface area contributed by atoms with Gasteiger partial charge in [0.05, 0.1) is 17.9 Å². The van der Waals surface area contributed by atoms with Gasteiger partial charge in [0.25, 0.3) is 11.8 Å². The second-order valence-corrected chi connectivity index (χ2v) is 7.97. The molecule has 5 heteroatoms. The highest BCUT2D eigenvalue weighted by Crippen LogP contribution is 2.36. The third-order valence-corrected chi connectivity index (χ3v) is 5.69. The topological polar surface area (TPSA) is 49.9 Å². The number of hydrogen-bond donors (Lipinski definition) is 0. The molecule has 1 aliphatic rings. The lowest BCUT2D eigenvalue weighted by Crippen LogP contribution is -2.35. The Bertz CT molecular complexity index is 1180. The molecular formula is C28H28N2O3. The predicted molar refractivity (Wildman–Crippen MR) is 131 cm³/mol. The smallest absolute Gasteiger partial charge is 0.282 e. The SMILES string of the molecule is CCOc1ccc(C2=C(N(CC)Cc3ccccc3)C(=O)N(c3cccc(C)c3)C2=O)cc1. The molecular weight excluding hydrogens is 412 g/mol. The molecule has 0 bridgehead atoms. The largest absolute Gasteiger partial charge is 0.494 e. The van der Waals surface area contributed by atoms with Crippen LogP contribution in [0.15, 0.2) is 84.6 Å². The molecule has 3 aromatic carbocycles. The van der Waals surface area contributed by atoms with E-state index in [1.54, 1.807) is 6.07 Å². The molecule has 0 saturated heterocycles. The van der Waals surface area contributed by atoms with Crippen LogP contribution in [0.5, 0.6) is 5.75 Å². The highest BCUT2D eigenvalue weighted by molar-refractivity contribution is 6.45. The van der Waals surface area contributed by atoms with Gasteiger partial charge in [-0.2, -0.15) is 0 Å². The third kappa shape index (κ3) is 4.53. The lowest BCUT2D eigenvalue weighted by atomic mass is 10.0. The molecule has 0 N–H and O–H groups in total. The summed E-state index contributed by atoms with van der Waals surface area (Å²) in [6.07, 6.45) is 0. The predicted octanol–water partition coefficient (Wildman–Crippen LogP) is 5.20. The van der Waals surface area contributed by atoms with Crippen LogP contribution in [-0.2, 0) is 16.1 Å². The van der Waals surface area contributed by atoms with E-state index in [-0.39, 0.29) is 11.8 Å². The molecule has 0 aromatic heterocycles. The first kappa shape index (κ1) is 22.3. The van der Waals surface area contributed by atoms with Gasteiger partial charge in [0.15, 0.2) is 0 Å². The number of aryl methyl sites for hydroxylation is 1. The number of carbonyl (C=O) groups excluding carboxylic acids is 2. The van der Waals surface area contributed by atoms with Crippen molar-refractivity contribution in [3.63, 3.8) is 0 Å². The van der Waals surface area contributed by atoms with Crippen LogP contribution in [0.4, 0.5) is 5.69 Å². The number of anilines is 1. The van der Waals surface area contributed by atoms with Gasteiger partial charge < -0.3 is 9.64 Å². The standard InChI is InChI=1S/C28H28N2O3/c1-4-29(19-21-11-7-6-8-12-21)26-25(22-14-16-24(17-15-22)33-5-2)27(31)30(28(26)32)23-13-9-10-20(3)18-23/h6-18H,4-5,19H2,1-3H3. The lowest BCUT2D eigenvalue weighted by molar-refractivity contribution is -0.120. The molecule has 0 saturated carbocycles. The number of benzene rings is 3. The van der Waals surface area contributed by atoms with Gasteiger partial charge in [-0.1, -0.05) is 54.6 Å². The first-order valence-corrected chi connectivity index (χ1v) is 11.2. The molecule has 4 rings (SSSR count). The summed E-state index contributed by atoms with van der Waals surface area (Å²) in [5.74, 6) is 0.121. The Labute approximate surface area is 194 Å². The molecule has 0 unspecified atom stereocenters. The lowest BCUT2D eigenvalue weighted by Gasteiger charge is -2.25. The number of carbonyl (C=O) groups is 2. The van der Waals surface area contributed by atoms with Gasteiger partial charge in [-0.3, -0.25) is 9.59 Å². The van der Waals surface area contributed by atoms with Crippen LogP contribution in [-0.4, -0.2) is 29.9 Å². The zero-order valence-corrected chi connectivity index (χ0v) is 19.2. The molecule has 168 valence electrons. The average Bonchev–Trinajstić information content (AvgIpc) is 3.08. The Morgan fingerprint density at radius 3 is 2.21 bits per heavy atom. The second-order valence-electron chi connectivity index (χ2n) is 7.97. The van der Waals surface area contributed by atoms with E-state index >= 15 is 0 Å². The number of hydrogen-bond acceptors (Lipinski definition) is 4. The fourth-order valence-corrected chi connectivity index (χ4v) is 4.11. The van der Waals surface area contributed by atoms with Crippen LogP contribution in [0.2, 0.25) is 0 Å². The van der Waals surface area contributed by atoms with Gasteiger partial charge in [-0.25, -0.2) is 4.90 Å². The molecule has 5 nitrogen and oxygen atoms in total. The third-order valence-electron chi connectivity index (χ3n) is 5.69. The summed E-state index contributed by atoms with van der Waals surface area (Å²) < 4.78 is 5.56. The van der Waals surface area contributed by atoms with Crippen molar-refractivity contribution in [2.75, 3.05) is 18.1 Å². The number of rotatable bonds is 8. The number of amides is 2. The van der Waals surface area contributed by atoms with Crippen LogP contribution in [0.3, 0.4) is 0 Å². The first-order chi connectivity index (χ1) is 16.0. The molecule has 0 atom stereocenters. The summed E-state index contributed by atoms with van der Waals surface area (Å²) in [4.78, 5) is 30.7. The van der Waals surface area contributed by atoms with Crippen molar-refractivity contribution in [2.45, 2.75) is 27.3 Å². The Morgan fingerprint density at radius 1 is 0.848 bits per heavy atom. The van der Waals surface area contributed by atoms with Crippen molar-refractivity contribution >= 4 is 23.1 Å². The first-order valence-electron chi connectivity index (χ1n) is 11.2. The van der Waals surface area contributed by atoms with Crippen LogP contribution < -0.4 is 9.64 Å². The van der Waals surface area contributed by atoms with E-state index in [1.165, 1.54) is 4.90 Å². The van der Waals surface area contributed by atoms with E-state index in [0.717, 1.165) is 16.9 Å². The summed E-state index contributed by atoms with van der Waals surface area (Å²) in [5.41, 5.74) is 4.19. The van der Waals surface area contributed by atoms with Crippen molar-refractivity contribution in [1.29, 1.82) is 0 Å². The van der Waals surface area contributed by atoms with E-state index in [2.05, 4.69) is 0 Å². The summed E-state index contributed by atoms with van der Waals surface area (Å²) in [6.45, 7) is 7.56. The molecule has 0 aliphatic carbocycles. The van der Waals surface area contributed by atoms with Crippen LogP contribution >= 0.6 is 0 Å². The fourth-order valence-electron chi connectivity index (χ4n) is 4.11. The Morgan fingerprint density at radius 2 is 1.58 bits per heavy atom. The maximum absolute atomic E-state index is 13.8. The molecule has 0 fully saturated rings. The van der Waals surface area contributed by atoms with E-state index in [9.17, 15) is 9.59 Å². The van der Waals surface area contributed by atoms with Gasteiger partial charge in [0.2, 0.25) is 0 Å². The van der Waals surface area contributed by atoms with Gasteiger partial charge >= 0.3 is 0 Å². The molecule has 1 aliphatic heterocycles. The Kier molecular flexibility index (Phi) is 6.59. The maximum atomic E-state index is 13.8. The van der Waals surface area contributed by atoms with E-state index in [1.807, 2.05) is 98.5 Å². The number of ether oxygens (including phenoxy) is 1. The Balaban J connectivity index is 1.81. The highest BCUT2D eigenvalue weighted by Gasteiger charge is 2.42. The van der Waals surface area contributed by atoms with Crippen molar-refractivity contribution in [2.24, 2.45) is 0 Å². The fraction of sp³-hybridized carbons (Fsp3) is 0.214. The monoisotopic (exact) mass is 440 g/mol. The number of nitrogens with zero attached hydrogens (tertiary/aromatic N) is 2. The van der Waals surface area contributed by atoms with Crippen molar-refractivity contribution in [3.05, 3.63) is 101 Å². The van der Waals surface area contributed by atoms with Gasteiger partial charge in [-0.05, 0) is 61.7 Å². The van der Waals surface area contributed by atoms with E-state index < -0.39 is 0 Å². The van der Waals surface area contributed by atoms with Crippen molar-refractivity contribution in [3.8, 4) is 5.75 Å². The highest BCUT2D eigenvalue weighted by atomic mass is 16.5. The van der Waals surface area contributed by atoms with Gasteiger partial charge in [-0.15, -0.1) is 0 Å². The summed E-state index contributed by atoms with van der Waals surface area (Å²) in [5, 5.41) is 0. The van der Waals surface area contributed by atoms with Crippen molar-refractivity contribution < 1.29 is 14.3 Å². The van der Waals surface area contributed by atoms with E-state index in [4.69, 9.17) is 4.74 Å². The quantitative estimate of drug-likeness (QED) is 0.452. The minimum absolute atomic E-state index is 0.299.